The number of rotatable bonds is 4. The number of benzene rings is 2. The van der Waals surface area contributed by atoms with Crippen LogP contribution in [0.4, 0.5) is 4.79 Å². The molecule has 0 atom stereocenters. The van der Waals surface area contributed by atoms with Gasteiger partial charge in [-0.05, 0) is 75.1 Å². The highest BCUT2D eigenvalue weighted by atomic mass is 16.6. The quantitative estimate of drug-likeness (QED) is 0.664. The Bertz CT molecular complexity index is 963. The van der Waals surface area contributed by atoms with Gasteiger partial charge in [-0.25, -0.2) is 9.59 Å². The molecule has 0 aliphatic carbocycles. The van der Waals surface area contributed by atoms with Crippen molar-refractivity contribution in [3.8, 4) is 17.2 Å². The lowest BCUT2D eigenvalue weighted by molar-refractivity contribution is 0.0258. The van der Waals surface area contributed by atoms with Gasteiger partial charge in [-0.1, -0.05) is 6.07 Å². The fourth-order valence-electron chi connectivity index (χ4n) is 3.40. The van der Waals surface area contributed by atoms with E-state index in [0.29, 0.717) is 42.3 Å². The Kier molecular flexibility index (Phi) is 6.73. The zero-order valence-corrected chi connectivity index (χ0v) is 18.7. The molecule has 0 bridgehead atoms. The molecule has 7 nitrogen and oxygen atoms in total. The highest BCUT2D eigenvalue weighted by Crippen LogP contribution is 2.34. The highest BCUT2D eigenvalue weighted by molar-refractivity contribution is 5.90. The van der Waals surface area contributed by atoms with E-state index in [1.807, 2.05) is 39.0 Å². The van der Waals surface area contributed by atoms with Crippen molar-refractivity contribution in [1.29, 1.82) is 0 Å². The molecule has 0 radical (unpaired) electrons. The maximum absolute atomic E-state index is 12.4. The normalized spacial score (nSPS) is 13.6. The predicted octanol–water partition coefficient (Wildman–Crippen LogP) is 4.61. The summed E-state index contributed by atoms with van der Waals surface area (Å²) in [6.07, 6.45) is 1.15. The minimum atomic E-state index is -0.519. The molecule has 1 amide bonds. The third-order valence-electron chi connectivity index (χ3n) is 4.94. The van der Waals surface area contributed by atoms with Gasteiger partial charge in [0.15, 0.2) is 11.5 Å². The van der Waals surface area contributed by atoms with Crippen LogP contribution < -0.4 is 9.47 Å². The summed E-state index contributed by atoms with van der Waals surface area (Å²) < 4.78 is 21.7. The molecule has 7 heteroatoms. The predicted molar refractivity (Wildman–Crippen MR) is 116 cm³/mol. The van der Waals surface area contributed by atoms with Crippen LogP contribution in [-0.2, 0) is 22.3 Å². The number of ether oxygens (including phenoxy) is 4. The monoisotopic (exact) mass is 427 g/mol. The van der Waals surface area contributed by atoms with Crippen LogP contribution in [0.2, 0.25) is 0 Å². The molecule has 0 saturated carbocycles. The van der Waals surface area contributed by atoms with Crippen LogP contribution in [0.5, 0.6) is 17.2 Å². The van der Waals surface area contributed by atoms with Gasteiger partial charge in [-0.15, -0.1) is 0 Å². The van der Waals surface area contributed by atoms with Crippen molar-refractivity contribution in [1.82, 2.24) is 4.90 Å². The van der Waals surface area contributed by atoms with Gasteiger partial charge < -0.3 is 23.8 Å². The number of hydrogen-bond acceptors (Lipinski definition) is 6. The molecule has 0 fully saturated rings. The molecule has 166 valence electrons. The molecule has 1 aliphatic rings. The Hall–Kier alpha value is -3.22. The maximum atomic E-state index is 12.4. The molecule has 2 aromatic carbocycles. The Labute approximate surface area is 182 Å². The Balaban J connectivity index is 1.77. The summed E-state index contributed by atoms with van der Waals surface area (Å²) in [7, 11) is 2.88. The van der Waals surface area contributed by atoms with Crippen molar-refractivity contribution >= 4 is 12.1 Å². The molecule has 0 unspecified atom stereocenters. The van der Waals surface area contributed by atoms with Gasteiger partial charge in [0.2, 0.25) is 0 Å². The largest absolute Gasteiger partial charge is 0.493 e. The number of nitrogens with zero attached hydrogens (tertiary/aromatic N) is 1. The number of carbonyl (C=O) groups is 2. The number of esters is 1. The summed E-state index contributed by atoms with van der Waals surface area (Å²) in [6.45, 7) is 6.78. The van der Waals surface area contributed by atoms with Crippen LogP contribution >= 0.6 is 0 Å². The zero-order valence-electron chi connectivity index (χ0n) is 18.7. The summed E-state index contributed by atoms with van der Waals surface area (Å²) in [5.74, 6) is 1.12. The molecule has 3 rings (SSSR count). The minimum Gasteiger partial charge on any atom is -0.493 e. The van der Waals surface area contributed by atoms with Crippen molar-refractivity contribution in [3.05, 3.63) is 53.1 Å². The Morgan fingerprint density at radius 1 is 0.903 bits per heavy atom. The standard InChI is InChI=1S/C24H29NO6/c1-24(2,3)31-23(27)25-12-10-16-6-8-19(14-17(16)11-13-25)30-21-15-18(22(26)29-5)7-9-20(21)28-4/h6-9,14-15H,10-13H2,1-5H3. The molecule has 0 saturated heterocycles. The lowest BCUT2D eigenvalue weighted by atomic mass is 10.0. The van der Waals surface area contributed by atoms with Crippen molar-refractivity contribution in [2.45, 2.75) is 39.2 Å². The zero-order chi connectivity index (χ0) is 22.6. The van der Waals surface area contributed by atoms with Crippen LogP contribution in [0.1, 0.15) is 42.3 Å². The van der Waals surface area contributed by atoms with Crippen molar-refractivity contribution in [2.75, 3.05) is 27.3 Å². The molecule has 1 aliphatic heterocycles. The fraction of sp³-hybridized carbons (Fsp3) is 0.417. The second kappa shape index (κ2) is 9.29. The lowest BCUT2D eigenvalue weighted by Crippen LogP contribution is -2.38. The smallest absolute Gasteiger partial charge is 0.410 e. The highest BCUT2D eigenvalue weighted by Gasteiger charge is 2.24. The van der Waals surface area contributed by atoms with Gasteiger partial charge in [0.25, 0.3) is 0 Å². The molecule has 0 aromatic heterocycles. The van der Waals surface area contributed by atoms with Gasteiger partial charge >= 0.3 is 12.1 Å². The number of methoxy groups -OCH3 is 2. The van der Waals surface area contributed by atoms with Crippen LogP contribution in [0, 0.1) is 0 Å². The van der Waals surface area contributed by atoms with Crippen LogP contribution in [0.15, 0.2) is 36.4 Å². The Morgan fingerprint density at radius 2 is 1.61 bits per heavy atom. The topological polar surface area (TPSA) is 74.3 Å². The van der Waals surface area contributed by atoms with E-state index < -0.39 is 11.6 Å². The van der Waals surface area contributed by atoms with Gasteiger partial charge in [0, 0.05) is 13.1 Å². The van der Waals surface area contributed by atoms with Crippen molar-refractivity contribution in [2.24, 2.45) is 0 Å². The van der Waals surface area contributed by atoms with Gasteiger partial charge in [-0.3, -0.25) is 0 Å². The molecule has 2 aromatic rings. The first-order valence-corrected chi connectivity index (χ1v) is 10.2. The molecule has 0 spiro atoms. The minimum absolute atomic E-state index is 0.291. The number of fused-ring (bicyclic) bond motifs is 1. The summed E-state index contributed by atoms with van der Waals surface area (Å²) in [4.78, 5) is 26.0. The molecule has 31 heavy (non-hydrogen) atoms. The van der Waals surface area contributed by atoms with E-state index in [2.05, 4.69) is 0 Å². The second-order valence-corrected chi connectivity index (χ2v) is 8.36. The first kappa shape index (κ1) is 22.5. The van der Waals surface area contributed by atoms with E-state index in [0.717, 1.165) is 12.0 Å². The molecule has 0 N–H and O–H groups in total. The van der Waals surface area contributed by atoms with E-state index in [1.165, 1.54) is 12.7 Å². The molecule has 1 heterocycles. The first-order chi connectivity index (χ1) is 14.7. The Morgan fingerprint density at radius 3 is 2.26 bits per heavy atom. The number of amides is 1. The molecular weight excluding hydrogens is 398 g/mol. The van der Waals surface area contributed by atoms with Crippen molar-refractivity contribution < 1.29 is 28.5 Å². The van der Waals surface area contributed by atoms with Crippen LogP contribution in [0.25, 0.3) is 0 Å². The SMILES string of the molecule is COC(=O)c1ccc(OC)c(Oc2ccc3c(c2)CCN(C(=O)OC(C)(C)C)CC3)c1. The number of carbonyl (C=O) groups excluding carboxylic acids is 2. The first-order valence-electron chi connectivity index (χ1n) is 10.2. The van der Waals surface area contributed by atoms with Gasteiger partial charge in [0.05, 0.1) is 19.8 Å². The van der Waals surface area contributed by atoms with E-state index in [-0.39, 0.29) is 6.09 Å². The lowest BCUT2D eigenvalue weighted by Gasteiger charge is -2.26. The second-order valence-electron chi connectivity index (χ2n) is 8.36. The van der Waals surface area contributed by atoms with E-state index in [1.54, 1.807) is 30.2 Å². The average Bonchev–Trinajstić information content (AvgIpc) is 2.94. The van der Waals surface area contributed by atoms with Gasteiger partial charge in [-0.2, -0.15) is 0 Å². The van der Waals surface area contributed by atoms with Crippen molar-refractivity contribution in [3.63, 3.8) is 0 Å². The molecular formula is C24H29NO6. The fourth-order valence-corrected chi connectivity index (χ4v) is 3.40. The third kappa shape index (κ3) is 5.69. The average molecular weight is 427 g/mol. The summed E-state index contributed by atoms with van der Waals surface area (Å²) >= 11 is 0. The van der Waals surface area contributed by atoms with Gasteiger partial charge in [0.1, 0.15) is 11.4 Å². The third-order valence-corrected chi connectivity index (χ3v) is 4.94. The van der Waals surface area contributed by atoms with E-state index in [9.17, 15) is 9.59 Å². The number of hydrogen-bond donors (Lipinski definition) is 0. The maximum Gasteiger partial charge on any atom is 0.410 e. The van der Waals surface area contributed by atoms with Crippen LogP contribution in [0.3, 0.4) is 0 Å². The summed E-state index contributed by atoms with van der Waals surface area (Å²) in [5.41, 5.74) is 2.15. The summed E-state index contributed by atoms with van der Waals surface area (Å²) in [6, 6.07) is 10.8. The van der Waals surface area contributed by atoms with E-state index >= 15 is 0 Å². The summed E-state index contributed by atoms with van der Waals surface area (Å²) in [5, 5.41) is 0. The van der Waals surface area contributed by atoms with Crippen LogP contribution in [-0.4, -0.2) is 49.9 Å². The van der Waals surface area contributed by atoms with E-state index in [4.69, 9.17) is 18.9 Å².